The highest BCUT2D eigenvalue weighted by atomic mass is 19.1. The molecule has 0 bridgehead atoms. The van der Waals surface area contributed by atoms with Crippen molar-refractivity contribution in [2.75, 3.05) is 6.61 Å². The van der Waals surface area contributed by atoms with Gasteiger partial charge in [0.1, 0.15) is 11.6 Å². The number of carbonyl (C=O) groups excluding carboxylic acids is 1. The molecule has 0 spiro atoms. The van der Waals surface area contributed by atoms with E-state index in [0.717, 1.165) is 6.07 Å². The highest BCUT2D eigenvalue weighted by molar-refractivity contribution is 5.79. The molecule has 1 aromatic carbocycles. The van der Waals surface area contributed by atoms with Crippen LogP contribution in [0.25, 0.3) is 0 Å². The lowest BCUT2D eigenvalue weighted by Gasteiger charge is -2.34. The first-order chi connectivity index (χ1) is 9.54. The van der Waals surface area contributed by atoms with Crippen molar-refractivity contribution in [1.29, 1.82) is 0 Å². The van der Waals surface area contributed by atoms with Crippen molar-refractivity contribution in [3.8, 4) is 0 Å². The van der Waals surface area contributed by atoms with Crippen LogP contribution in [0.3, 0.4) is 0 Å². The first-order valence-corrected chi connectivity index (χ1v) is 6.64. The minimum atomic E-state index is -0.668. The molecular formula is C14H15F2NO3. The summed E-state index contributed by atoms with van der Waals surface area (Å²) >= 11 is 0. The lowest BCUT2D eigenvalue weighted by atomic mass is 9.81. The molecule has 2 aliphatic rings. The van der Waals surface area contributed by atoms with Crippen molar-refractivity contribution in [2.45, 2.75) is 31.4 Å². The Morgan fingerprint density at radius 2 is 1.90 bits per heavy atom. The maximum Gasteiger partial charge on any atom is 0.250 e. The van der Waals surface area contributed by atoms with Gasteiger partial charge < -0.3 is 5.11 Å². The molecule has 0 unspecified atom stereocenters. The molecule has 6 heteroatoms. The summed E-state index contributed by atoms with van der Waals surface area (Å²) < 4.78 is 26.6. The maximum atomic E-state index is 13.3. The molecule has 0 aromatic heterocycles. The average molecular weight is 283 g/mol. The fraction of sp³-hybridized carbons (Fsp3) is 0.500. The van der Waals surface area contributed by atoms with Crippen LogP contribution in [0.4, 0.5) is 8.78 Å². The highest BCUT2D eigenvalue weighted by Gasteiger charge is 2.41. The number of aliphatic hydroxyl groups excluding tert-OH is 1. The molecular weight excluding hydrogens is 268 g/mol. The van der Waals surface area contributed by atoms with E-state index >= 15 is 0 Å². The Balaban J connectivity index is 1.79. The van der Waals surface area contributed by atoms with E-state index in [4.69, 9.17) is 4.84 Å². The van der Waals surface area contributed by atoms with Gasteiger partial charge in [0.15, 0.2) is 0 Å². The normalized spacial score (nSPS) is 29.4. The minimum absolute atomic E-state index is 0.220. The van der Waals surface area contributed by atoms with E-state index in [-0.39, 0.29) is 11.8 Å². The fourth-order valence-corrected chi connectivity index (χ4v) is 2.73. The zero-order chi connectivity index (χ0) is 14.3. The number of halogens is 2. The molecule has 0 radical (unpaired) electrons. The summed E-state index contributed by atoms with van der Waals surface area (Å²) in [4.78, 5) is 17.5. The number of aliphatic hydroxyl groups is 1. The number of hydrogen-bond donors (Lipinski definition) is 1. The van der Waals surface area contributed by atoms with E-state index in [1.807, 2.05) is 0 Å². The number of carbonyl (C=O) groups is 1. The fourth-order valence-electron chi connectivity index (χ4n) is 2.73. The third-order valence-corrected chi connectivity index (χ3v) is 3.85. The van der Waals surface area contributed by atoms with Gasteiger partial charge in [0.25, 0.3) is 0 Å². The van der Waals surface area contributed by atoms with Gasteiger partial charge >= 0.3 is 0 Å². The molecule has 1 aliphatic heterocycles. The van der Waals surface area contributed by atoms with Crippen LogP contribution < -0.4 is 0 Å². The van der Waals surface area contributed by atoms with E-state index in [1.165, 1.54) is 17.2 Å². The topological polar surface area (TPSA) is 49.8 Å². The van der Waals surface area contributed by atoms with Crippen LogP contribution in [0.2, 0.25) is 0 Å². The Morgan fingerprint density at radius 1 is 1.25 bits per heavy atom. The summed E-state index contributed by atoms with van der Waals surface area (Å²) in [7, 11) is 0. The summed E-state index contributed by atoms with van der Waals surface area (Å²) in [5.41, 5.74) is 0.397. The van der Waals surface area contributed by atoms with Crippen LogP contribution in [0.5, 0.6) is 0 Å². The van der Waals surface area contributed by atoms with Gasteiger partial charge in [-0.2, -0.15) is 0 Å². The number of rotatable bonds is 2. The zero-order valence-electron chi connectivity index (χ0n) is 10.8. The van der Waals surface area contributed by atoms with Crippen LogP contribution in [0.15, 0.2) is 18.2 Å². The van der Waals surface area contributed by atoms with Gasteiger partial charge in [-0.1, -0.05) is 0 Å². The zero-order valence-corrected chi connectivity index (χ0v) is 10.8. The monoisotopic (exact) mass is 283 g/mol. The van der Waals surface area contributed by atoms with Crippen molar-refractivity contribution in [3.63, 3.8) is 0 Å². The standard InChI is InChI=1S/C14H15F2NO3/c15-10-3-8(4-11(16)7-10)13-1-2-20-17(13)14(19)9-5-12(18)6-9/h3-4,7,9,12-13,18H,1-2,5-6H2/t9-,12-,13-/m0/s1. The third-order valence-electron chi connectivity index (χ3n) is 3.85. The number of benzene rings is 1. The van der Waals surface area contributed by atoms with Gasteiger partial charge in [0.05, 0.1) is 18.8 Å². The van der Waals surface area contributed by atoms with Crippen LogP contribution >= 0.6 is 0 Å². The summed E-state index contributed by atoms with van der Waals surface area (Å²) in [6.45, 7) is 0.337. The Kier molecular flexibility index (Phi) is 3.43. The Morgan fingerprint density at radius 3 is 2.50 bits per heavy atom. The molecule has 4 nitrogen and oxygen atoms in total. The molecule has 1 heterocycles. The molecule has 3 rings (SSSR count). The minimum Gasteiger partial charge on any atom is -0.393 e. The number of hydroxylamine groups is 2. The molecule has 1 aromatic rings. The van der Waals surface area contributed by atoms with Crippen molar-refractivity contribution in [1.82, 2.24) is 5.06 Å². The number of nitrogens with zero attached hydrogens (tertiary/aromatic N) is 1. The summed E-state index contributed by atoms with van der Waals surface area (Å²) in [6.07, 6.45) is 0.909. The second-order valence-electron chi connectivity index (χ2n) is 5.33. The van der Waals surface area contributed by atoms with Crippen LogP contribution in [0.1, 0.15) is 30.9 Å². The maximum absolute atomic E-state index is 13.3. The molecule has 1 aliphatic carbocycles. The van der Waals surface area contributed by atoms with Gasteiger partial charge in [-0.05, 0) is 30.5 Å². The summed E-state index contributed by atoms with van der Waals surface area (Å²) in [6, 6.07) is 2.77. The first-order valence-electron chi connectivity index (χ1n) is 6.64. The largest absolute Gasteiger partial charge is 0.393 e. The average Bonchev–Trinajstić information content (AvgIpc) is 2.82. The van der Waals surface area contributed by atoms with Gasteiger partial charge in [-0.3, -0.25) is 9.63 Å². The smallest absolute Gasteiger partial charge is 0.250 e. The quantitative estimate of drug-likeness (QED) is 0.902. The molecule has 108 valence electrons. The second-order valence-corrected chi connectivity index (χ2v) is 5.33. The Hall–Kier alpha value is -1.53. The van der Waals surface area contributed by atoms with E-state index in [2.05, 4.69) is 0 Å². The van der Waals surface area contributed by atoms with Crippen molar-refractivity contribution in [2.24, 2.45) is 5.92 Å². The third kappa shape index (κ3) is 2.41. The van der Waals surface area contributed by atoms with Gasteiger partial charge in [-0.25, -0.2) is 13.8 Å². The van der Waals surface area contributed by atoms with Gasteiger partial charge in [0, 0.05) is 18.4 Å². The first kappa shape index (κ1) is 13.5. The second kappa shape index (κ2) is 5.10. The molecule has 1 N–H and O–H groups in total. The molecule has 1 atom stereocenters. The molecule has 1 amide bonds. The molecule has 1 saturated heterocycles. The summed E-state index contributed by atoms with van der Waals surface area (Å²) in [5.74, 6) is -1.82. The van der Waals surface area contributed by atoms with Crippen molar-refractivity contribution >= 4 is 5.91 Å². The van der Waals surface area contributed by atoms with Crippen LogP contribution in [-0.4, -0.2) is 28.8 Å². The number of hydrogen-bond acceptors (Lipinski definition) is 3. The lowest BCUT2D eigenvalue weighted by molar-refractivity contribution is -0.187. The predicted molar refractivity (Wildman–Crippen MR) is 65.2 cm³/mol. The Bertz CT molecular complexity index is 511. The van der Waals surface area contributed by atoms with E-state index in [1.54, 1.807) is 0 Å². The van der Waals surface area contributed by atoms with Crippen molar-refractivity contribution in [3.05, 3.63) is 35.4 Å². The van der Waals surface area contributed by atoms with Crippen LogP contribution in [-0.2, 0) is 9.63 Å². The lowest BCUT2D eigenvalue weighted by Crippen LogP contribution is -2.42. The van der Waals surface area contributed by atoms with E-state index < -0.39 is 23.8 Å². The SMILES string of the molecule is O=C([C@H]1C[C@H](O)C1)N1OCC[C@H]1c1cc(F)cc(F)c1. The molecule has 20 heavy (non-hydrogen) atoms. The van der Waals surface area contributed by atoms with Crippen LogP contribution in [0, 0.1) is 17.6 Å². The molecule has 2 fully saturated rings. The summed E-state index contributed by atoms with van der Waals surface area (Å²) in [5, 5.41) is 10.5. The number of amides is 1. The van der Waals surface area contributed by atoms with E-state index in [0.29, 0.717) is 31.4 Å². The highest BCUT2D eigenvalue weighted by Crippen LogP contribution is 2.36. The predicted octanol–water partition coefficient (Wildman–Crippen LogP) is 1.94. The molecule has 1 saturated carbocycles. The van der Waals surface area contributed by atoms with Gasteiger partial charge in [0.2, 0.25) is 5.91 Å². The van der Waals surface area contributed by atoms with Gasteiger partial charge in [-0.15, -0.1) is 0 Å². The van der Waals surface area contributed by atoms with E-state index in [9.17, 15) is 18.7 Å². The van der Waals surface area contributed by atoms with Crippen molar-refractivity contribution < 1.29 is 23.5 Å². The Labute approximate surface area is 114 Å².